The van der Waals surface area contributed by atoms with Gasteiger partial charge in [0.05, 0.1) is 0 Å². The van der Waals surface area contributed by atoms with Gasteiger partial charge in [0.1, 0.15) is 4.90 Å². The summed E-state index contributed by atoms with van der Waals surface area (Å²) in [5.41, 5.74) is 1.15. The zero-order valence-electron chi connectivity index (χ0n) is 14.7. The van der Waals surface area contributed by atoms with Gasteiger partial charge in [-0.15, -0.1) is 0 Å². The number of nitrogens with zero attached hydrogens (tertiary/aromatic N) is 3. The molecule has 7 nitrogen and oxygen atoms in total. The van der Waals surface area contributed by atoms with E-state index in [1.165, 1.54) is 18.5 Å². The van der Waals surface area contributed by atoms with Gasteiger partial charge >= 0.3 is 0 Å². The Morgan fingerprint density at radius 1 is 1.23 bits per heavy atom. The number of guanidine groups is 1. The summed E-state index contributed by atoms with van der Waals surface area (Å²) in [6.07, 6.45) is 2.85. The SMILES string of the molecule is CN=C(NCCNS(=O)(=O)c1cccnc1)N(C)Cc1ccc(Br)cc1. The molecule has 0 atom stereocenters. The molecule has 0 aliphatic carbocycles. The summed E-state index contributed by atoms with van der Waals surface area (Å²) in [6, 6.07) is 11.2. The third-order valence-corrected chi connectivity index (χ3v) is 5.53. The van der Waals surface area contributed by atoms with Gasteiger partial charge in [-0.2, -0.15) is 0 Å². The number of hydrogen-bond acceptors (Lipinski definition) is 4. The topological polar surface area (TPSA) is 86.7 Å². The molecule has 0 saturated heterocycles. The Morgan fingerprint density at radius 2 is 1.96 bits per heavy atom. The van der Waals surface area contributed by atoms with Crippen molar-refractivity contribution in [2.24, 2.45) is 4.99 Å². The minimum absolute atomic E-state index is 0.150. The number of hydrogen-bond donors (Lipinski definition) is 2. The summed E-state index contributed by atoms with van der Waals surface area (Å²) in [5, 5.41) is 3.15. The number of halogens is 1. The van der Waals surface area contributed by atoms with E-state index in [2.05, 4.69) is 35.9 Å². The van der Waals surface area contributed by atoms with Crippen LogP contribution in [0.3, 0.4) is 0 Å². The number of pyridine rings is 1. The number of benzene rings is 1. The van der Waals surface area contributed by atoms with Crippen LogP contribution in [0.2, 0.25) is 0 Å². The van der Waals surface area contributed by atoms with E-state index in [9.17, 15) is 8.42 Å². The molecule has 0 unspecified atom stereocenters. The predicted octanol–water partition coefficient (Wildman–Crippen LogP) is 1.83. The van der Waals surface area contributed by atoms with Gasteiger partial charge < -0.3 is 10.2 Å². The molecule has 0 aliphatic heterocycles. The second-order valence-electron chi connectivity index (χ2n) is 5.54. The maximum absolute atomic E-state index is 12.1. The first-order chi connectivity index (χ1) is 12.4. The van der Waals surface area contributed by atoms with Gasteiger partial charge in [-0.3, -0.25) is 9.98 Å². The van der Waals surface area contributed by atoms with Crippen molar-refractivity contribution >= 4 is 31.9 Å². The number of aromatic nitrogens is 1. The lowest BCUT2D eigenvalue weighted by Crippen LogP contribution is -2.42. The first kappa shape index (κ1) is 20.3. The van der Waals surface area contributed by atoms with E-state index in [1.54, 1.807) is 13.1 Å². The minimum atomic E-state index is -3.55. The van der Waals surface area contributed by atoms with Crippen molar-refractivity contribution in [2.45, 2.75) is 11.4 Å². The van der Waals surface area contributed by atoms with E-state index in [-0.39, 0.29) is 11.4 Å². The lowest BCUT2D eigenvalue weighted by molar-refractivity contribution is 0.477. The van der Waals surface area contributed by atoms with Gasteiger partial charge in [-0.1, -0.05) is 28.1 Å². The summed E-state index contributed by atoms with van der Waals surface area (Å²) in [6.45, 7) is 1.34. The normalized spacial score (nSPS) is 12.0. The van der Waals surface area contributed by atoms with Gasteiger partial charge in [0, 0.05) is 50.6 Å². The van der Waals surface area contributed by atoms with Crippen molar-refractivity contribution in [3.05, 3.63) is 58.8 Å². The third-order valence-electron chi connectivity index (χ3n) is 3.55. The zero-order chi connectivity index (χ0) is 19.0. The third kappa shape index (κ3) is 6.08. The van der Waals surface area contributed by atoms with Crippen LogP contribution in [0.1, 0.15) is 5.56 Å². The summed E-state index contributed by atoms with van der Waals surface area (Å²) in [7, 11) is 0.0742. The van der Waals surface area contributed by atoms with Crippen molar-refractivity contribution in [1.82, 2.24) is 19.9 Å². The lowest BCUT2D eigenvalue weighted by atomic mass is 10.2. The highest BCUT2D eigenvalue weighted by atomic mass is 79.9. The molecular weight excluding hydrogens is 418 g/mol. The quantitative estimate of drug-likeness (QED) is 0.390. The van der Waals surface area contributed by atoms with E-state index in [0.717, 1.165) is 10.0 Å². The molecule has 9 heteroatoms. The average molecular weight is 440 g/mol. The summed E-state index contributed by atoms with van der Waals surface area (Å²) < 4.78 is 27.8. The molecule has 0 saturated carbocycles. The van der Waals surface area contributed by atoms with E-state index < -0.39 is 10.0 Å². The summed E-state index contributed by atoms with van der Waals surface area (Å²) >= 11 is 3.42. The molecule has 26 heavy (non-hydrogen) atoms. The van der Waals surface area contributed by atoms with Crippen LogP contribution in [0.5, 0.6) is 0 Å². The summed E-state index contributed by atoms with van der Waals surface area (Å²) in [5.74, 6) is 0.688. The highest BCUT2D eigenvalue weighted by molar-refractivity contribution is 9.10. The van der Waals surface area contributed by atoms with Crippen LogP contribution >= 0.6 is 15.9 Å². The number of aliphatic imine (C=N–C) groups is 1. The minimum Gasteiger partial charge on any atom is -0.355 e. The highest BCUT2D eigenvalue weighted by Crippen LogP contribution is 2.11. The first-order valence-corrected chi connectivity index (χ1v) is 10.3. The largest absolute Gasteiger partial charge is 0.355 e. The Morgan fingerprint density at radius 3 is 2.58 bits per heavy atom. The van der Waals surface area contributed by atoms with Crippen molar-refractivity contribution in [3.8, 4) is 0 Å². The molecule has 1 heterocycles. The molecular formula is C17H22BrN5O2S. The van der Waals surface area contributed by atoms with E-state index in [1.807, 2.05) is 36.2 Å². The number of rotatable bonds is 7. The Kier molecular flexibility index (Phi) is 7.55. The molecule has 0 radical (unpaired) electrons. The van der Waals surface area contributed by atoms with Gasteiger partial charge in [0.15, 0.2) is 5.96 Å². The first-order valence-electron chi connectivity index (χ1n) is 7.98. The monoisotopic (exact) mass is 439 g/mol. The second-order valence-corrected chi connectivity index (χ2v) is 8.23. The Balaban J connectivity index is 1.82. The van der Waals surface area contributed by atoms with Crippen molar-refractivity contribution in [3.63, 3.8) is 0 Å². The van der Waals surface area contributed by atoms with Crippen molar-refractivity contribution in [2.75, 3.05) is 27.2 Å². The fourth-order valence-electron chi connectivity index (χ4n) is 2.27. The molecule has 0 amide bonds. The summed E-state index contributed by atoms with van der Waals surface area (Å²) in [4.78, 5) is 10.2. The molecule has 0 aliphatic rings. The van der Waals surface area contributed by atoms with Crippen LogP contribution < -0.4 is 10.0 Å². The fraction of sp³-hybridized carbons (Fsp3) is 0.294. The second kappa shape index (κ2) is 9.65. The van der Waals surface area contributed by atoms with Crippen LogP contribution in [-0.2, 0) is 16.6 Å². The highest BCUT2D eigenvalue weighted by Gasteiger charge is 2.13. The van der Waals surface area contributed by atoms with E-state index in [0.29, 0.717) is 19.0 Å². The smallest absolute Gasteiger partial charge is 0.242 e. The van der Waals surface area contributed by atoms with Gasteiger partial charge in [0.25, 0.3) is 0 Å². The molecule has 0 bridgehead atoms. The van der Waals surface area contributed by atoms with Crippen molar-refractivity contribution in [1.29, 1.82) is 0 Å². The van der Waals surface area contributed by atoms with Crippen LogP contribution in [0.25, 0.3) is 0 Å². The number of sulfonamides is 1. The zero-order valence-corrected chi connectivity index (χ0v) is 17.1. The molecule has 2 rings (SSSR count). The Bertz CT molecular complexity index is 826. The molecule has 0 fully saturated rings. The van der Waals surface area contributed by atoms with Crippen LogP contribution in [0.4, 0.5) is 0 Å². The Labute approximate surface area is 162 Å². The van der Waals surface area contributed by atoms with Gasteiger partial charge in [-0.25, -0.2) is 13.1 Å². The average Bonchev–Trinajstić information content (AvgIpc) is 2.64. The lowest BCUT2D eigenvalue weighted by Gasteiger charge is -2.22. The maximum Gasteiger partial charge on any atom is 0.242 e. The van der Waals surface area contributed by atoms with E-state index in [4.69, 9.17) is 0 Å². The molecule has 1 aromatic heterocycles. The van der Waals surface area contributed by atoms with Crippen LogP contribution in [0, 0.1) is 0 Å². The predicted molar refractivity (Wildman–Crippen MR) is 106 cm³/mol. The van der Waals surface area contributed by atoms with Gasteiger partial charge in [-0.05, 0) is 29.8 Å². The molecule has 140 valence electrons. The Hall–Kier alpha value is -1.97. The molecule has 0 spiro atoms. The maximum atomic E-state index is 12.1. The van der Waals surface area contributed by atoms with Crippen molar-refractivity contribution < 1.29 is 8.42 Å². The van der Waals surface area contributed by atoms with Gasteiger partial charge in [0.2, 0.25) is 10.0 Å². The number of nitrogens with one attached hydrogen (secondary N) is 2. The van der Waals surface area contributed by atoms with Crippen LogP contribution in [-0.4, -0.2) is 51.4 Å². The molecule has 2 N–H and O–H groups in total. The van der Waals surface area contributed by atoms with E-state index >= 15 is 0 Å². The fourth-order valence-corrected chi connectivity index (χ4v) is 3.53. The standard InChI is InChI=1S/C17H22BrN5O2S/c1-19-17(23(2)13-14-5-7-15(18)8-6-14)21-10-11-22-26(24,25)16-4-3-9-20-12-16/h3-9,12,22H,10-11,13H2,1-2H3,(H,19,21). The molecule has 2 aromatic rings. The molecule has 1 aromatic carbocycles. The van der Waals surface area contributed by atoms with Crippen LogP contribution in [0.15, 0.2) is 63.2 Å².